The van der Waals surface area contributed by atoms with E-state index in [2.05, 4.69) is 123 Å². The molecule has 0 aliphatic carbocycles. The van der Waals surface area contributed by atoms with E-state index in [1.54, 1.807) is 0 Å². The fourth-order valence-electron chi connectivity index (χ4n) is 4.39. The van der Waals surface area contributed by atoms with Crippen molar-refractivity contribution >= 4 is 40.0 Å². The lowest BCUT2D eigenvalue weighted by atomic mass is 9.86. The van der Waals surface area contributed by atoms with Crippen LogP contribution in [0.4, 0.5) is 0 Å². The molecule has 0 nitrogen and oxygen atoms in total. The molecule has 0 spiro atoms. The number of rotatable bonds is 3. The summed E-state index contributed by atoms with van der Waals surface area (Å²) in [5, 5.41) is 6.55. The zero-order valence-electron chi connectivity index (χ0n) is 17.5. The summed E-state index contributed by atoms with van der Waals surface area (Å²) in [6.45, 7) is 3.26. The van der Waals surface area contributed by atoms with E-state index in [1.165, 1.54) is 49.1 Å². The maximum Gasteiger partial charge on any atom is -0.00264 e. The van der Waals surface area contributed by atoms with Crippen LogP contribution in [0.15, 0.2) is 103 Å². The Bertz CT molecular complexity index is 1350. The maximum absolute atomic E-state index is 4.40. The van der Waals surface area contributed by atoms with Crippen molar-refractivity contribution < 1.29 is 0 Å². The molecule has 0 saturated heterocycles. The van der Waals surface area contributed by atoms with Crippen LogP contribution in [0, 0.1) is 0 Å². The molecule has 5 aromatic carbocycles. The second kappa shape index (κ2) is 7.31. The standard InChI is InChI=1S/C29H25P/c1-30(2,3)23-19-17-22(18-20-23)29-26-15-9-7-13-24(26)28(21-11-5-4-6-12-21)25-14-8-10-16-27(25)29/h4-20H,1H2,2-3H3. The van der Waals surface area contributed by atoms with Gasteiger partial charge in [-0.15, -0.1) is 0 Å². The smallest absolute Gasteiger partial charge is 0.00264 e. The molecular formula is C29H25P. The fourth-order valence-corrected chi connectivity index (χ4v) is 5.34. The molecule has 5 aromatic rings. The van der Waals surface area contributed by atoms with Gasteiger partial charge in [0.05, 0.1) is 0 Å². The van der Waals surface area contributed by atoms with Gasteiger partial charge >= 0.3 is 0 Å². The van der Waals surface area contributed by atoms with Gasteiger partial charge in [0.15, 0.2) is 0 Å². The Labute approximate surface area is 178 Å². The van der Waals surface area contributed by atoms with Crippen molar-refractivity contribution in [2.24, 2.45) is 0 Å². The third kappa shape index (κ3) is 3.18. The Morgan fingerprint density at radius 2 is 0.833 bits per heavy atom. The number of benzene rings is 5. The molecule has 0 saturated carbocycles. The van der Waals surface area contributed by atoms with Crippen LogP contribution >= 0.6 is 6.89 Å². The molecule has 0 aromatic heterocycles. The first-order chi connectivity index (χ1) is 14.5. The van der Waals surface area contributed by atoms with E-state index in [-0.39, 0.29) is 0 Å². The van der Waals surface area contributed by atoms with Crippen LogP contribution < -0.4 is 5.30 Å². The van der Waals surface area contributed by atoms with E-state index in [0.717, 1.165) is 0 Å². The number of hydrogen-bond donors (Lipinski definition) is 0. The van der Waals surface area contributed by atoms with Crippen molar-refractivity contribution in [1.82, 2.24) is 0 Å². The summed E-state index contributed by atoms with van der Waals surface area (Å²) in [5.41, 5.74) is 5.15. The first-order valence-corrected chi connectivity index (χ1v) is 13.2. The summed E-state index contributed by atoms with van der Waals surface area (Å²) in [6, 6.07) is 37.4. The lowest BCUT2D eigenvalue weighted by molar-refractivity contribution is 1.66. The van der Waals surface area contributed by atoms with Crippen molar-refractivity contribution in [1.29, 1.82) is 0 Å². The highest BCUT2D eigenvalue weighted by Gasteiger charge is 2.16. The lowest BCUT2D eigenvalue weighted by Gasteiger charge is -2.18. The SMILES string of the molecule is C=P(C)(C)c1ccc(-c2c3ccccc3c(-c3ccccc3)c3ccccc23)cc1. The molecule has 0 heterocycles. The lowest BCUT2D eigenvalue weighted by Crippen LogP contribution is -2.02. The average Bonchev–Trinajstić information content (AvgIpc) is 2.77. The summed E-state index contributed by atoms with van der Waals surface area (Å²) in [7, 11) is 0. The van der Waals surface area contributed by atoms with Crippen molar-refractivity contribution in [3.63, 3.8) is 0 Å². The molecule has 0 aliphatic rings. The van der Waals surface area contributed by atoms with Gasteiger partial charge in [-0.25, -0.2) is 0 Å². The van der Waals surface area contributed by atoms with E-state index < -0.39 is 6.89 Å². The summed E-state index contributed by atoms with van der Waals surface area (Å²) in [6.07, 6.45) is 4.40. The molecule has 0 N–H and O–H groups in total. The van der Waals surface area contributed by atoms with E-state index in [9.17, 15) is 0 Å². The molecule has 1 heteroatoms. The molecule has 0 aliphatic heterocycles. The second-order valence-electron chi connectivity index (χ2n) is 8.44. The highest BCUT2D eigenvalue weighted by molar-refractivity contribution is 7.79. The van der Waals surface area contributed by atoms with Crippen molar-refractivity contribution in [3.8, 4) is 22.3 Å². The summed E-state index contributed by atoms with van der Waals surface area (Å²) < 4.78 is 0. The molecule has 0 radical (unpaired) electrons. The van der Waals surface area contributed by atoms with Crippen LogP contribution in [0.3, 0.4) is 0 Å². The minimum atomic E-state index is -1.27. The Kier molecular flexibility index (Phi) is 4.61. The monoisotopic (exact) mass is 404 g/mol. The van der Waals surface area contributed by atoms with Crippen LogP contribution in [-0.2, 0) is 0 Å². The highest BCUT2D eigenvalue weighted by atomic mass is 31.2. The van der Waals surface area contributed by atoms with Gasteiger partial charge in [0.2, 0.25) is 0 Å². The van der Waals surface area contributed by atoms with Crippen LogP contribution in [-0.4, -0.2) is 19.6 Å². The van der Waals surface area contributed by atoms with Gasteiger partial charge in [-0.2, -0.15) is 0 Å². The largest absolute Gasteiger partial charge is 0.0971 e. The zero-order chi connectivity index (χ0) is 20.7. The third-order valence-corrected chi connectivity index (χ3v) is 7.54. The molecular weight excluding hydrogens is 379 g/mol. The Morgan fingerprint density at radius 3 is 1.23 bits per heavy atom. The van der Waals surface area contributed by atoms with Crippen LogP contribution in [0.1, 0.15) is 0 Å². The van der Waals surface area contributed by atoms with Crippen molar-refractivity contribution in [3.05, 3.63) is 103 Å². The topological polar surface area (TPSA) is 0 Å². The minimum Gasteiger partial charge on any atom is -0.0971 e. The zero-order valence-corrected chi connectivity index (χ0v) is 18.4. The van der Waals surface area contributed by atoms with Gasteiger partial charge in [-0.05, 0) is 62.4 Å². The Hall–Kier alpha value is -3.08. The predicted octanol–water partition coefficient (Wildman–Crippen LogP) is 7.66. The van der Waals surface area contributed by atoms with E-state index in [4.69, 9.17) is 0 Å². The average molecular weight is 404 g/mol. The number of fused-ring (bicyclic) bond motifs is 2. The molecule has 0 atom stereocenters. The van der Waals surface area contributed by atoms with Crippen LogP contribution in [0.2, 0.25) is 0 Å². The van der Waals surface area contributed by atoms with Crippen molar-refractivity contribution in [2.45, 2.75) is 0 Å². The van der Waals surface area contributed by atoms with Crippen LogP contribution in [0.25, 0.3) is 43.8 Å². The van der Waals surface area contributed by atoms with Gasteiger partial charge < -0.3 is 0 Å². The van der Waals surface area contributed by atoms with E-state index >= 15 is 0 Å². The van der Waals surface area contributed by atoms with Gasteiger partial charge in [0, 0.05) is 0 Å². The third-order valence-electron chi connectivity index (χ3n) is 5.85. The summed E-state index contributed by atoms with van der Waals surface area (Å²) in [5.74, 6) is 0. The van der Waals surface area contributed by atoms with Crippen LogP contribution in [0.5, 0.6) is 0 Å². The van der Waals surface area contributed by atoms with Gasteiger partial charge in [0.25, 0.3) is 0 Å². The normalized spacial score (nSPS) is 11.8. The van der Waals surface area contributed by atoms with Gasteiger partial charge in [-0.3, -0.25) is 0 Å². The first-order valence-electron chi connectivity index (χ1n) is 10.3. The maximum atomic E-state index is 4.40. The molecule has 0 bridgehead atoms. The van der Waals surface area contributed by atoms with Gasteiger partial charge in [0.1, 0.15) is 0 Å². The molecule has 0 amide bonds. The van der Waals surface area contributed by atoms with Gasteiger partial charge in [-0.1, -0.05) is 116 Å². The quantitative estimate of drug-likeness (QED) is 0.214. The highest BCUT2D eigenvalue weighted by Crippen LogP contribution is 2.43. The summed E-state index contributed by atoms with van der Waals surface area (Å²) >= 11 is 0. The van der Waals surface area contributed by atoms with Crippen molar-refractivity contribution in [2.75, 3.05) is 13.3 Å². The minimum absolute atomic E-state index is 1.26. The van der Waals surface area contributed by atoms with E-state index in [0.29, 0.717) is 0 Å². The molecule has 30 heavy (non-hydrogen) atoms. The van der Waals surface area contributed by atoms with E-state index in [1.807, 2.05) is 0 Å². The Balaban J connectivity index is 1.89. The first kappa shape index (κ1) is 18.9. The fraction of sp³-hybridized carbons (Fsp3) is 0.0690. The second-order valence-corrected chi connectivity index (χ2v) is 12.3. The summed E-state index contributed by atoms with van der Waals surface area (Å²) in [4.78, 5) is 0. The Morgan fingerprint density at radius 1 is 0.467 bits per heavy atom. The molecule has 0 fully saturated rings. The predicted molar refractivity (Wildman–Crippen MR) is 138 cm³/mol. The molecule has 5 rings (SSSR count). The molecule has 146 valence electrons. The number of hydrogen-bond acceptors (Lipinski definition) is 0. The molecule has 0 unspecified atom stereocenters.